The van der Waals surface area contributed by atoms with Gasteiger partial charge < -0.3 is 14.2 Å². The number of rotatable bonds is 6. The molecule has 1 saturated heterocycles. The Morgan fingerprint density at radius 2 is 1.94 bits per heavy atom. The Bertz CT molecular complexity index is 1260. The number of ether oxygens (including phenoxy) is 1. The van der Waals surface area contributed by atoms with Gasteiger partial charge in [0.1, 0.15) is 6.61 Å². The zero-order valence-electron chi connectivity index (χ0n) is 18.9. The highest BCUT2D eigenvalue weighted by Crippen LogP contribution is 2.30. The van der Waals surface area contributed by atoms with E-state index in [0.717, 1.165) is 40.6 Å². The molecule has 0 atom stereocenters. The zero-order valence-corrected chi connectivity index (χ0v) is 18.9. The maximum Gasteiger partial charge on any atom is 0.248 e. The fourth-order valence-electron chi connectivity index (χ4n) is 4.39. The first-order valence-electron chi connectivity index (χ1n) is 11.3. The molecule has 1 aliphatic rings. The van der Waals surface area contributed by atoms with E-state index in [-0.39, 0.29) is 18.4 Å². The van der Waals surface area contributed by atoms with Crippen molar-refractivity contribution in [3.63, 3.8) is 0 Å². The number of carbonyl (C=O) groups excluding carboxylic acids is 1. The summed E-state index contributed by atoms with van der Waals surface area (Å²) in [4.78, 5) is 19.0. The van der Waals surface area contributed by atoms with Crippen molar-refractivity contribution in [3.8, 4) is 11.4 Å². The molecule has 4 aromatic rings. The van der Waals surface area contributed by atoms with Gasteiger partial charge >= 0.3 is 0 Å². The molecule has 0 saturated carbocycles. The SMILES string of the molecule is Cc1nn(C)c2cc(-c3noc(C4CCN(C(=O)COCc5ccccc5)CC4)n3)ccc12. The van der Waals surface area contributed by atoms with Crippen LogP contribution in [0.1, 0.15) is 35.9 Å². The number of piperidine rings is 1. The van der Waals surface area contributed by atoms with Crippen molar-refractivity contribution >= 4 is 16.8 Å². The summed E-state index contributed by atoms with van der Waals surface area (Å²) in [6, 6.07) is 16.0. The van der Waals surface area contributed by atoms with Crippen LogP contribution in [0.2, 0.25) is 0 Å². The van der Waals surface area contributed by atoms with E-state index in [9.17, 15) is 4.79 Å². The third kappa shape index (κ3) is 4.52. The molecule has 8 heteroatoms. The predicted octanol–water partition coefficient (Wildman–Crippen LogP) is 3.85. The molecule has 3 heterocycles. The smallest absolute Gasteiger partial charge is 0.248 e. The van der Waals surface area contributed by atoms with Gasteiger partial charge in [-0.1, -0.05) is 47.6 Å². The fraction of sp³-hybridized carbons (Fsp3) is 0.360. The summed E-state index contributed by atoms with van der Waals surface area (Å²) in [5.41, 5.74) is 4.01. The van der Waals surface area contributed by atoms with Crippen LogP contribution in [0.4, 0.5) is 0 Å². The lowest BCUT2D eigenvalue weighted by Gasteiger charge is -2.30. The summed E-state index contributed by atoms with van der Waals surface area (Å²) >= 11 is 0. The first-order chi connectivity index (χ1) is 16.1. The maximum absolute atomic E-state index is 12.5. The Labute approximate surface area is 192 Å². The number of likely N-dealkylation sites (tertiary alicyclic amines) is 1. The number of benzene rings is 2. The lowest BCUT2D eigenvalue weighted by Crippen LogP contribution is -2.40. The Balaban J connectivity index is 1.16. The minimum absolute atomic E-state index is 0.0235. The quantitative estimate of drug-likeness (QED) is 0.448. The second kappa shape index (κ2) is 9.15. The van der Waals surface area contributed by atoms with Crippen LogP contribution in [0.5, 0.6) is 0 Å². The molecule has 2 aromatic carbocycles. The van der Waals surface area contributed by atoms with Crippen LogP contribution in [0, 0.1) is 6.92 Å². The van der Waals surface area contributed by atoms with Gasteiger partial charge in [0.05, 0.1) is 17.8 Å². The predicted molar refractivity (Wildman–Crippen MR) is 123 cm³/mol. The normalized spacial score (nSPS) is 14.8. The summed E-state index contributed by atoms with van der Waals surface area (Å²) in [6.45, 7) is 3.87. The van der Waals surface area contributed by atoms with Gasteiger partial charge in [-0.15, -0.1) is 0 Å². The Morgan fingerprint density at radius 1 is 1.15 bits per heavy atom. The van der Waals surface area contributed by atoms with Crippen molar-refractivity contribution in [1.29, 1.82) is 0 Å². The highest BCUT2D eigenvalue weighted by atomic mass is 16.5. The lowest BCUT2D eigenvalue weighted by atomic mass is 9.96. The molecule has 1 fully saturated rings. The number of aromatic nitrogens is 4. The summed E-state index contributed by atoms with van der Waals surface area (Å²) in [6.07, 6.45) is 1.60. The third-order valence-electron chi connectivity index (χ3n) is 6.27. The number of aryl methyl sites for hydroxylation is 2. The molecule has 0 spiro atoms. The van der Waals surface area contributed by atoms with Gasteiger partial charge in [0.2, 0.25) is 17.6 Å². The van der Waals surface area contributed by atoms with E-state index in [2.05, 4.69) is 15.2 Å². The Morgan fingerprint density at radius 3 is 2.73 bits per heavy atom. The highest BCUT2D eigenvalue weighted by Gasteiger charge is 2.27. The third-order valence-corrected chi connectivity index (χ3v) is 6.27. The number of hydrogen-bond acceptors (Lipinski definition) is 6. The second-order valence-corrected chi connectivity index (χ2v) is 8.53. The number of nitrogens with zero attached hydrogens (tertiary/aromatic N) is 5. The molecule has 170 valence electrons. The summed E-state index contributed by atoms with van der Waals surface area (Å²) in [5.74, 6) is 1.40. The van der Waals surface area contributed by atoms with Crippen LogP contribution in [0.15, 0.2) is 53.1 Å². The van der Waals surface area contributed by atoms with E-state index in [1.807, 2.05) is 72.1 Å². The summed E-state index contributed by atoms with van der Waals surface area (Å²) in [5, 5.41) is 9.80. The van der Waals surface area contributed by atoms with Crippen LogP contribution in [0.3, 0.4) is 0 Å². The van der Waals surface area contributed by atoms with Gasteiger partial charge in [-0.3, -0.25) is 9.48 Å². The topological polar surface area (TPSA) is 86.3 Å². The van der Waals surface area contributed by atoms with E-state index in [1.54, 1.807) is 0 Å². The molecule has 5 rings (SSSR count). The van der Waals surface area contributed by atoms with Gasteiger partial charge in [-0.05, 0) is 31.4 Å². The van der Waals surface area contributed by atoms with Crippen LogP contribution >= 0.6 is 0 Å². The Kier molecular flexibility index (Phi) is 5.92. The molecule has 0 radical (unpaired) electrons. The second-order valence-electron chi connectivity index (χ2n) is 8.53. The van der Waals surface area contributed by atoms with Crippen LogP contribution in [-0.2, 0) is 23.2 Å². The van der Waals surface area contributed by atoms with E-state index >= 15 is 0 Å². The number of carbonyl (C=O) groups is 1. The van der Waals surface area contributed by atoms with Crippen molar-refractivity contribution in [3.05, 3.63) is 65.7 Å². The van der Waals surface area contributed by atoms with E-state index < -0.39 is 0 Å². The first kappa shape index (κ1) is 21.3. The van der Waals surface area contributed by atoms with Gasteiger partial charge in [-0.25, -0.2) is 0 Å². The van der Waals surface area contributed by atoms with Crippen molar-refractivity contribution in [2.75, 3.05) is 19.7 Å². The largest absolute Gasteiger partial charge is 0.367 e. The standard InChI is InChI=1S/C25H27N5O3/c1-17-21-9-8-20(14-22(21)29(2)27-17)24-26-25(33-28-24)19-10-12-30(13-11-19)23(31)16-32-15-18-6-4-3-5-7-18/h3-9,14,19H,10-13,15-16H2,1-2H3. The van der Waals surface area contributed by atoms with Crippen LogP contribution < -0.4 is 0 Å². The molecule has 2 aromatic heterocycles. The van der Waals surface area contributed by atoms with Crippen LogP contribution in [0.25, 0.3) is 22.3 Å². The van der Waals surface area contributed by atoms with E-state index in [4.69, 9.17) is 9.26 Å². The molecule has 0 unspecified atom stereocenters. The molecule has 33 heavy (non-hydrogen) atoms. The molecule has 1 amide bonds. The van der Waals surface area contributed by atoms with E-state index in [1.165, 1.54) is 0 Å². The Hall–Kier alpha value is -3.52. The molecular formula is C25H27N5O3. The average Bonchev–Trinajstić information content (AvgIpc) is 3.45. The van der Waals surface area contributed by atoms with Crippen LogP contribution in [-0.4, -0.2) is 50.4 Å². The first-order valence-corrected chi connectivity index (χ1v) is 11.3. The molecule has 0 N–H and O–H groups in total. The highest BCUT2D eigenvalue weighted by molar-refractivity contribution is 5.85. The number of amides is 1. The summed E-state index contributed by atoms with van der Waals surface area (Å²) < 4.78 is 13.1. The molecule has 0 aliphatic carbocycles. The molecule has 0 bridgehead atoms. The van der Waals surface area contributed by atoms with E-state index in [0.29, 0.717) is 31.4 Å². The molecule has 1 aliphatic heterocycles. The average molecular weight is 446 g/mol. The maximum atomic E-state index is 12.5. The minimum atomic E-state index is 0.0235. The van der Waals surface area contributed by atoms with Crippen molar-refractivity contribution < 1.29 is 14.1 Å². The number of hydrogen-bond donors (Lipinski definition) is 0. The minimum Gasteiger partial charge on any atom is -0.367 e. The molecule has 8 nitrogen and oxygen atoms in total. The monoisotopic (exact) mass is 445 g/mol. The van der Waals surface area contributed by atoms with Crippen molar-refractivity contribution in [1.82, 2.24) is 24.8 Å². The fourth-order valence-corrected chi connectivity index (χ4v) is 4.39. The van der Waals surface area contributed by atoms with Crippen molar-refractivity contribution in [2.24, 2.45) is 7.05 Å². The van der Waals surface area contributed by atoms with Gasteiger partial charge in [0.15, 0.2) is 0 Å². The van der Waals surface area contributed by atoms with Crippen molar-refractivity contribution in [2.45, 2.75) is 32.3 Å². The zero-order chi connectivity index (χ0) is 22.8. The molecular weight excluding hydrogens is 418 g/mol. The van der Waals surface area contributed by atoms with Gasteiger partial charge in [0.25, 0.3) is 0 Å². The van der Waals surface area contributed by atoms with Gasteiger partial charge in [-0.2, -0.15) is 10.1 Å². The van der Waals surface area contributed by atoms with Gasteiger partial charge in [0, 0.05) is 37.0 Å². The number of fused-ring (bicyclic) bond motifs is 1. The summed E-state index contributed by atoms with van der Waals surface area (Å²) in [7, 11) is 1.93. The lowest BCUT2D eigenvalue weighted by molar-refractivity contribution is -0.137.